The molecule has 0 bridgehead atoms. The van der Waals surface area contributed by atoms with E-state index in [-0.39, 0.29) is 18.3 Å². The monoisotopic (exact) mass is 416 g/mol. The number of likely N-dealkylation sites (tertiary alicyclic amines) is 1. The molecule has 0 atom stereocenters. The fourth-order valence-electron chi connectivity index (χ4n) is 3.11. The predicted octanol–water partition coefficient (Wildman–Crippen LogP) is 3.81. The van der Waals surface area contributed by atoms with Crippen LogP contribution < -0.4 is 5.32 Å². The summed E-state index contributed by atoms with van der Waals surface area (Å²) in [4.78, 5) is 13.8. The molecule has 1 saturated heterocycles. The van der Waals surface area contributed by atoms with Crippen LogP contribution in [0.3, 0.4) is 0 Å². The molecule has 2 aromatic rings. The van der Waals surface area contributed by atoms with Crippen molar-refractivity contribution in [2.24, 2.45) is 0 Å². The number of benzene rings is 1. The summed E-state index contributed by atoms with van der Waals surface area (Å²) in [6.45, 7) is 2.88. The number of nitrogens with zero attached hydrogens (tertiary/aromatic N) is 3. The summed E-state index contributed by atoms with van der Waals surface area (Å²) in [5, 5.41) is 6.87. The SMILES string of the molecule is Cl.O=C1CCCCCN1CCNCc1ccc(-n2ccc(C(F)(F)F)n2)cc1. The maximum absolute atomic E-state index is 12.6. The van der Waals surface area contributed by atoms with Crippen molar-refractivity contribution in [1.82, 2.24) is 20.0 Å². The van der Waals surface area contributed by atoms with E-state index in [0.29, 0.717) is 31.7 Å². The Bertz CT molecular complexity index is 761. The molecule has 0 spiro atoms. The van der Waals surface area contributed by atoms with Gasteiger partial charge in [0.1, 0.15) is 0 Å². The number of aromatic nitrogens is 2. The molecule has 3 rings (SSSR count). The van der Waals surface area contributed by atoms with Gasteiger partial charge in [-0.25, -0.2) is 4.68 Å². The van der Waals surface area contributed by atoms with E-state index < -0.39 is 11.9 Å². The molecule has 1 amide bonds. The lowest BCUT2D eigenvalue weighted by Crippen LogP contribution is -2.36. The molecule has 1 aromatic heterocycles. The molecule has 5 nitrogen and oxygen atoms in total. The molecular weight excluding hydrogens is 393 g/mol. The quantitative estimate of drug-likeness (QED) is 0.728. The molecule has 9 heteroatoms. The molecule has 1 aliphatic rings. The Morgan fingerprint density at radius 3 is 2.50 bits per heavy atom. The van der Waals surface area contributed by atoms with Crippen LogP contribution in [0.5, 0.6) is 0 Å². The Hall–Kier alpha value is -2.06. The van der Waals surface area contributed by atoms with E-state index >= 15 is 0 Å². The Morgan fingerprint density at radius 1 is 1.07 bits per heavy atom. The van der Waals surface area contributed by atoms with Gasteiger partial charge in [-0.2, -0.15) is 18.3 Å². The topological polar surface area (TPSA) is 50.2 Å². The molecule has 28 heavy (non-hydrogen) atoms. The number of alkyl halides is 3. The molecule has 154 valence electrons. The first-order valence-electron chi connectivity index (χ1n) is 9.14. The minimum atomic E-state index is -4.44. The molecule has 0 saturated carbocycles. The summed E-state index contributed by atoms with van der Waals surface area (Å²) in [5.41, 5.74) is 0.685. The Kier molecular flexibility index (Phi) is 7.88. The highest BCUT2D eigenvalue weighted by Gasteiger charge is 2.33. The minimum absolute atomic E-state index is 0. The lowest BCUT2D eigenvalue weighted by molar-refractivity contribution is -0.141. The van der Waals surface area contributed by atoms with Gasteiger partial charge in [-0.05, 0) is 36.6 Å². The van der Waals surface area contributed by atoms with Crippen LogP contribution >= 0.6 is 12.4 Å². The van der Waals surface area contributed by atoms with E-state index in [1.807, 2.05) is 17.0 Å². The fourth-order valence-corrected chi connectivity index (χ4v) is 3.11. The maximum Gasteiger partial charge on any atom is 0.435 e. The lowest BCUT2D eigenvalue weighted by Gasteiger charge is -2.20. The van der Waals surface area contributed by atoms with Gasteiger partial charge < -0.3 is 10.2 Å². The zero-order chi connectivity index (χ0) is 19.3. The number of carbonyl (C=O) groups excluding carboxylic acids is 1. The van der Waals surface area contributed by atoms with Crippen molar-refractivity contribution in [2.75, 3.05) is 19.6 Å². The zero-order valence-electron chi connectivity index (χ0n) is 15.4. The van der Waals surface area contributed by atoms with Crippen molar-refractivity contribution in [2.45, 2.75) is 38.4 Å². The summed E-state index contributed by atoms with van der Waals surface area (Å²) in [5.74, 6) is 0.233. The number of amides is 1. The van der Waals surface area contributed by atoms with Crippen molar-refractivity contribution in [3.63, 3.8) is 0 Å². The summed E-state index contributed by atoms with van der Waals surface area (Å²) >= 11 is 0. The van der Waals surface area contributed by atoms with E-state index in [1.165, 1.54) is 10.9 Å². The smallest absolute Gasteiger partial charge is 0.341 e. The average molecular weight is 417 g/mol. The van der Waals surface area contributed by atoms with Crippen molar-refractivity contribution < 1.29 is 18.0 Å². The van der Waals surface area contributed by atoms with Gasteiger partial charge in [0.2, 0.25) is 5.91 Å². The van der Waals surface area contributed by atoms with E-state index in [2.05, 4.69) is 10.4 Å². The minimum Gasteiger partial charge on any atom is -0.341 e. The summed E-state index contributed by atoms with van der Waals surface area (Å²) in [6.07, 6.45) is 0.665. The molecule has 1 aliphatic heterocycles. The first-order chi connectivity index (χ1) is 12.9. The molecule has 0 unspecified atom stereocenters. The second-order valence-electron chi connectivity index (χ2n) is 6.68. The third-order valence-corrected chi connectivity index (χ3v) is 4.64. The maximum atomic E-state index is 12.6. The number of rotatable bonds is 6. The highest BCUT2D eigenvalue weighted by atomic mass is 35.5. The van der Waals surface area contributed by atoms with Gasteiger partial charge >= 0.3 is 6.18 Å². The van der Waals surface area contributed by atoms with Crippen LogP contribution in [-0.4, -0.2) is 40.2 Å². The van der Waals surface area contributed by atoms with Gasteiger partial charge in [-0.1, -0.05) is 18.6 Å². The largest absolute Gasteiger partial charge is 0.435 e. The third-order valence-electron chi connectivity index (χ3n) is 4.64. The fraction of sp³-hybridized carbons (Fsp3) is 0.474. The molecule has 1 N–H and O–H groups in total. The van der Waals surface area contributed by atoms with Crippen LogP contribution in [0.1, 0.15) is 36.9 Å². The van der Waals surface area contributed by atoms with Gasteiger partial charge in [-0.15, -0.1) is 12.4 Å². The molecule has 1 fully saturated rings. The molecule has 2 heterocycles. The van der Waals surface area contributed by atoms with Crippen LogP contribution in [0, 0.1) is 0 Å². The molecule has 1 aromatic carbocycles. The average Bonchev–Trinajstić information content (AvgIpc) is 3.05. The number of nitrogens with one attached hydrogen (secondary N) is 1. The summed E-state index contributed by atoms with van der Waals surface area (Å²) in [7, 11) is 0. The Balaban J connectivity index is 0.00000280. The first-order valence-corrected chi connectivity index (χ1v) is 9.14. The van der Waals surface area contributed by atoms with Crippen molar-refractivity contribution in [3.05, 3.63) is 47.8 Å². The van der Waals surface area contributed by atoms with Gasteiger partial charge in [0.25, 0.3) is 0 Å². The zero-order valence-corrected chi connectivity index (χ0v) is 16.2. The van der Waals surface area contributed by atoms with Crippen LogP contribution in [0.25, 0.3) is 5.69 Å². The van der Waals surface area contributed by atoms with Gasteiger partial charge in [0, 0.05) is 38.8 Å². The van der Waals surface area contributed by atoms with Crippen molar-refractivity contribution in [3.8, 4) is 5.69 Å². The van der Waals surface area contributed by atoms with Crippen LogP contribution in [0.4, 0.5) is 13.2 Å². The summed E-state index contributed by atoms with van der Waals surface area (Å²) < 4.78 is 39.1. The van der Waals surface area contributed by atoms with E-state index in [1.54, 1.807) is 12.1 Å². The highest BCUT2D eigenvalue weighted by Crippen LogP contribution is 2.27. The molecular formula is C19H24ClF3N4O. The number of hydrogen-bond acceptors (Lipinski definition) is 3. The van der Waals surface area contributed by atoms with E-state index in [4.69, 9.17) is 0 Å². The normalized spacial score (nSPS) is 15.2. The van der Waals surface area contributed by atoms with Crippen molar-refractivity contribution in [1.29, 1.82) is 0 Å². The first kappa shape index (κ1) is 22.2. The van der Waals surface area contributed by atoms with Gasteiger partial charge in [0.15, 0.2) is 5.69 Å². The molecule has 0 radical (unpaired) electrons. The van der Waals surface area contributed by atoms with Gasteiger partial charge in [-0.3, -0.25) is 4.79 Å². The van der Waals surface area contributed by atoms with Crippen LogP contribution in [-0.2, 0) is 17.5 Å². The van der Waals surface area contributed by atoms with Crippen LogP contribution in [0.2, 0.25) is 0 Å². The lowest BCUT2D eigenvalue weighted by atomic mass is 10.2. The predicted molar refractivity (Wildman–Crippen MR) is 103 cm³/mol. The Labute approximate surface area is 168 Å². The summed E-state index contributed by atoms with van der Waals surface area (Å²) in [6, 6.07) is 8.15. The van der Waals surface area contributed by atoms with Crippen LogP contribution in [0.15, 0.2) is 36.5 Å². The van der Waals surface area contributed by atoms with Gasteiger partial charge in [0.05, 0.1) is 5.69 Å². The number of carbonyl (C=O) groups is 1. The third kappa shape index (κ3) is 5.97. The number of hydrogen-bond donors (Lipinski definition) is 1. The number of halogens is 4. The van der Waals surface area contributed by atoms with E-state index in [0.717, 1.165) is 37.4 Å². The van der Waals surface area contributed by atoms with E-state index in [9.17, 15) is 18.0 Å². The second-order valence-corrected chi connectivity index (χ2v) is 6.68. The molecule has 0 aliphatic carbocycles. The Morgan fingerprint density at radius 2 is 1.82 bits per heavy atom. The van der Waals surface area contributed by atoms with Crippen molar-refractivity contribution >= 4 is 18.3 Å². The second kappa shape index (κ2) is 9.93. The standard InChI is InChI=1S/C19H23F3N4O.ClH/c20-19(21,22)17-9-12-26(24-17)16-7-5-15(6-8-16)14-23-10-13-25-11-3-1-2-4-18(25)27;/h5-9,12,23H,1-4,10-11,13-14H2;1H. The highest BCUT2D eigenvalue weighted by molar-refractivity contribution is 5.85.